The lowest BCUT2D eigenvalue weighted by Crippen LogP contribution is -2.02. The van der Waals surface area contributed by atoms with Crippen molar-refractivity contribution in [2.75, 3.05) is 20.3 Å². The van der Waals surface area contributed by atoms with E-state index < -0.39 is 0 Å². The molecule has 0 fully saturated rings. The number of aliphatic hydroxyl groups excluding tert-OH is 1. The van der Waals surface area contributed by atoms with E-state index in [0.717, 1.165) is 23.0 Å². The van der Waals surface area contributed by atoms with Gasteiger partial charge in [0.15, 0.2) is 0 Å². The maximum atomic E-state index is 9.05. The molecule has 3 heteroatoms. The maximum absolute atomic E-state index is 9.05. The molecule has 1 aromatic carbocycles. The molecule has 1 rings (SSSR count). The van der Waals surface area contributed by atoms with Gasteiger partial charge in [0.1, 0.15) is 11.5 Å². The Morgan fingerprint density at radius 3 is 2.47 bits per heavy atom. The highest BCUT2D eigenvalue weighted by molar-refractivity contribution is 5.44. The van der Waals surface area contributed by atoms with Crippen LogP contribution in [0.15, 0.2) is 18.2 Å². The minimum atomic E-state index is 0.0404. The Hall–Kier alpha value is -1.22. The molecule has 0 aliphatic heterocycles. The first-order valence-electron chi connectivity index (χ1n) is 4.96. The molecular weight excluding hydrogens is 192 g/mol. The van der Waals surface area contributed by atoms with Crippen LogP contribution in [0.1, 0.15) is 19.4 Å². The fourth-order valence-corrected chi connectivity index (χ4v) is 1.28. The molecule has 0 saturated carbocycles. The summed E-state index contributed by atoms with van der Waals surface area (Å²) in [4.78, 5) is 0. The smallest absolute Gasteiger partial charge is 0.123 e. The second-order valence-electron chi connectivity index (χ2n) is 3.27. The van der Waals surface area contributed by atoms with Crippen LogP contribution in [-0.4, -0.2) is 25.4 Å². The van der Waals surface area contributed by atoms with Crippen LogP contribution in [0, 0.1) is 5.92 Å². The molecule has 0 bridgehead atoms. The van der Waals surface area contributed by atoms with Crippen LogP contribution in [0.25, 0.3) is 0 Å². The molecule has 3 nitrogen and oxygen atoms in total. The van der Waals surface area contributed by atoms with Gasteiger partial charge >= 0.3 is 0 Å². The van der Waals surface area contributed by atoms with Gasteiger partial charge in [0.05, 0.1) is 20.3 Å². The average molecular weight is 209 g/mol. The summed E-state index contributed by atoms with van der Waals surface area (Å²) in [5.74, 6) is 2.40. The summed E-state index contributed by atoms with van der Waals surface area (Å²) in [5, 5.41) is 9.05. The monoisotopic (exact) mass is 209 g/mol. The molecule has 1 aromatic rings. The molecule has 0 amide bonds. The Morgan fingerprint density at radius 2 is 1.93 bits per heavy atom. The molecule has 0 aliphatic carbocycles. The van der Waals surface area contributed by atoms with Crippen molar-refractivity contribution < 1.29 is 14.6 Å². The molecule has 0 spiro atoms. The van der Waals surface area contributed by atoms with Gasteiger partial charge < -0.3 is 14.6 Å². The molecular formula is C12H17O3. The molecule has 83 valence electrons. The molecule has 1 N–H and O–H groups in total. The topological polar surface area (TPSA) is 38.7 Å². The largest absolute Gasteiger partial charge is 0.497 e. The Labute approximate surface area is 90.6 Å². The third-order valence-electron chi connectivity index (χ3n) is 2.16. The lowest BCUT2D eigenvalue weighted by atomic mass is 10.0. The van der Waals surface area contributed by atoms with Crippen LogP contribution in [0.2, 0.25) is 0 Å². The molecule has 0 heterocycles. The number of aliphatic hydroxyl groups is 1. The number of methoxy groups -OCH3 is 1. The summed E-state index contributed by atoms with van der Waals surface area (Å²) in [5.41, 5.74) is 0.945. The Bertz CT molecular complexity index is 310. The number of rotatable bonds is 5. The first-order chi connectivity index (χ1) is 7.21. The van der Waals surface area contributed by atoms with Crippen molar-refractivity contribution >= 4 is 0 Å². The summed E-state index contributed by atoms with van der Waals surface area (Å²) in [6.07, 6.45) is 0. The van der Waals surface area contributed by atoms with E-state index in [-0.39, 0.29) is 6.61 Å². The van der Waals surface area contributed by atoms with E-state index in [4.69, 9.17) is 14.6 Å². The zero-order valence-corrected chi connectivity index (χ0v) is 9.41. The highest BCUT2D eigenvalue weighted by Crippen LogP contribution is 2.26. The zero-order valence-electron chi connectivity index (χ0n) is 9.41. The highest BCUT2D eigenvalue weighted by atomic mass is 16.5. The lowest BCUT2D eigenvalue weighted by Gasteiger charge is -2.12. The fourth-order valence-electron chi connectivity index (χ4n) is 1.28. The average Bonchev–Trinajstić information content (AvgIpc) is 2.28. The van der Waals surface area contributed by atoms with Crippen molar-refractivity contribution in [1.82, 2.24) is 0 Å². The lowest BCUT2D eigenvalue weighted by molar-refractivity contribution is 0.313. The van der Waals surface area contributed by atoms with Crippen LogP contribution in [-0.2, 0) is 0 Å². The van der Waals surface area contributed by atoms with E-state index in [9.17, 15) is 0 Å². The predicted octanol–water partition coefficient (Wildman–Crippen LogP) is 2.03. The molecule has 0 saturated heterocycles. The van der Waals surface area contributed by atoms with E-state index in [0.29, 0.717) is 6.61 Å². The van der Waals surface area contributed by atoms with Crippen molar-refractivity contribution in [2.45, 2.75) is 13.8 Å². The van der Waals surface area contributed by atoms with E-state index in [1.54, 1.807) is 7.11 Å². The summed E-state index contributed by atoms with van der Waals surface area (Å²) < 4.78 is 10.6. The van der Waals surface area contributed by atoms with Crippen molar-refractivity contribution in [1.29, 1.82) is 0 Å². The first kappa shape index (κ1) is 11.9. The van der Waals surface area contributed by atoms with Gasteiger partial charge in [0.25, 0.3) is 0 Å². The van der Waals surface area contributed by atoms with Gasteiger partial charge in [-0.2, -0.15) is 0 Å². The fraction of sp³-hybridized carbons (Fsp3) is 0.417. The van der Waals surface area contributed by atoms with E-state index in [1.807, 2.05) is 32.0 Å². The molecule has 0 unspecified atom stereocenters. The van der Waals surface area contributed by atoms with Gasteiger partial charge in [-0.1, -0.05) is 6.92 Å². The zero-order chi connectivity index (χ0) is 11.3. The summed E-state index contributed by atoms with van der Waals surface area (Å²) in [6, 6.07) is 5.61. The maximum Gasteiger partial charge on any atom is 0.123 e. The van der Waals surface area contributed by atoms with Crippen LogP contribution < -0.4 is 9.47 Å². The second-order valence-corrected chi connectivity index (χ2v) is 3.27. The second kappa shape index (κ2) is 5.61. The van der Waals surface area contributed by atoms with Gasteiger partial charge in [-0.15, -0.1) is 0 Å². The van der Waals surface area contributed by atoms with Crippen LogP contribution in [0.3, 0.4) is 0 Å². The van der Waals surface area contributed by atoms with Crippen molar-refractivity contribution in [2.24, 2.45) is 0 Å². The number of hydrogen-bond acceptors (Lipinski definition) is 3. The standard InChI is InChI=1S/C12H17O3/c1-4-15-12-6-10(9(2)8-13)5-11(7-12)14-3/h5-7,13H,4,8H2,1-3H3. The molecule has 0 aliphatic rings. The minimum Gasteiger partial charge on any atom is -0.497 e. The van der Waals surface area contributed by atoms with Gasteiger partial charge in [-0.3, -0.25) is 0 Å². The molecule has 15 heavy (non-hydrogen) atoms. The Kier molecular flexibility index (Phi) is 4.43. The van der Waals surface area contributed by atoms with Crippen LogP contribution in [0.5, 0.6) is 11.5 Å². The molecule has 0 atom stereocenters. The third-order valence-corrected chi connectivity index (χ3v) is 2.16. The Balaban J connectivity index is 2.99. The van der Waals surface area contributed by atoms with E-state index in [2.05, 4.69) is 0 Å². The van der Waals surface area contributed by atoms with Gasteiger partial charge in [0.2, 0.25) is 0 Å². The summed E-state index contributed by atoms with van der Waals surface area (Å²) >= 11 is 0. The normalized spacial score (nSPS) is 10.5. The quantitative estimate of drug-likeness (QED) is 0.806. The van der Waals surface area contributed by atoms with E-state index in [1.165, 1.54) is 0 Å². The first-order valence-corrected chi connectivity index (χ1v) is 4.96. The molecule has 1 radical (unpaired) electrons. The Morgan fingerprint density at radius 1 is 1.27 bits per heavy atom. The number of hydrogen-bond donors (Lipinski definition) is 1. The third kappa shape index (κ3) is 3.13. The predicted molar refractivity (Wildman–Crippen MR) is 59.3 cm³/mol. The summed E-state index contributed by atoms with van der Waals surface area (Å²) in [6.45, 7) is 4.47. The van der Waals surface area contributed by atoms with E-state index >= 15 is 0 Å². The number of benzene rings is 1. The van der Waals surface area contributed by atoms with Gasteiger partial charge in [0, 0.05) is 12.0 Å². The molecule has 0 aromatic heterocycles. The summed E-state index contributed by atoms with van der Waals surface area (Å²) in [7, 11) is 1.61. The number of ether oxygens (including phenoxy) is 2. The van der Waals surface area contributed by atoms with Crippen LogP contribution in [0.4, 0.5) is 0 Å². The van der Waals surface area contributed by atoms with Crippen LogP contribution >= 0.6 is 0 Å². The SMILES string of the molecule is CCOc1cc(OC)cc([C](C)CO)c1. The van der Waals surface area contributed by atoms with Crippen molar-refractivity contribution in [3.63, 3.8) is 0 Å². The van der Waals surface area contributed by atoms with Gasteiger partial charge in [-0.25, -0.2) is 0 Å². The highest BCUT2D eigenvalue weighted by Gasteiger charge is 2.08. The minimum absolute atomic E-state index is 0.0404. The van der Waals surface area contributed by atoms with Crippen molar-refractivity contribution in [3.8, 4) is 11.5 Å². The van der Waals surface area contributed by atoms with Crippen molar-refractivity contribution in [3.05, 3.63) is 29.7 Å². The van der Waals surface area contributed by atoms with Gasteiger partial charge in [-0.05, 0) is 24.6 Å².